The summed E-state index contributed by atoms with van der Waals surface area (Å²) in [5, 5.41) is 9.27. The van der Waals surface area contributed by atoms with Crippen LogP contribution in [0.15, 0.2) is 24.4 Å². The van der Waals surface area contributed by atoms with E-state index in [9.17, 15) is 0 Å². The van der Waals surface area contributed by atoms with Gasteiger partial charge >= 0.3 is 0 Å². The summed E-state index contributed by atoms with van der Waals surface area (Å²) >= 11 is 6.07. The number of rotatable bonds is 3. The highest BCUT2D eigenvalue weighted by Gasteiger charge is 2.26. The van der Waals surface area contributed by atoms with Crippen LogP contribution in [0.1, 0.15) is 49.8 Å². The van der Waals surface area contributed by atoms with E-state index in [2.05, 4.69) is 24.2 Å². The standard InChI is InChI=1S/C14H16ClN3/c1-9(2)12-7-11(15)5-6-14(12)18-8-13(16-17-18)10-3-4-10/h5-10H,3-4H2,1-2H3. The van der Waals surface area contributed by atoms with E-state index in [1.807, 2.05) is 29.1 Å². The molecule has 2 aromatic rings. The Morgan fingerprint density at radius 3 is 2.78 bits per heavy atom. The van der Waals surface area contributed by atoms with E-state index < -0.39 is 0 Å². The van der Waals surface area contributed by atoms with Crippen LogP contribution < -0.4 is 0 Å². The molecular weight excluding hydrogens is 246 g/mol. The lowest BCUT2D eigenvalue weighted by Gasteiger charge is -2.12. The van der Waals surface area contributed by atoms with Crippen LogP contribution in [0.2, 0.25) is 5.02 Å². The van der Waals surface area contributed by atoms with E-state index in [1.165, 1.54) is 18.4 Å². The summed E-state index contributed by atoms with van der Waals surface area (Å²) in [6.07, 6.45) is 4.54. The summed E-state index contributed by atoms with van der Waals surface area (Å²) in [6.45, 7) is 4.32. The molecule has 3 rings (SSSR count). The highest BCUT2D eigenvalue weighted by molar-refractivity contribution is 6.30. The largest absolute Gasteiger partial charge is 0.220 e. The van der Waals surface area contributed by atoms with Crippen LogP contribution in [0, 0.1) is 0 Å². The number of hydrogen-bond donors (Lipinski definition) is 0. The molecule has 0 amide bonds. The number of halogens is 1. The van der Waals surface area contributed by atoms with Crippen molar-refractivity contribution in [2.24, 2.45) is 0 Å². The Labute approximate surface area is 112 Å². The Balaban J connectivity index is 2.03. The molecule has 0 unspecified atom stereocenters. The first-order valence-electron chi connectivity index (χ1n) is 6.37. The lowest BCUT2D eigenvalue weighted by Crippen LogP contribution is -2.02. The third kappa shape index (κ3) is 2.15. The van der Waals surface area contributed by atoms with Gasteiger partial charge in [0, 0.05) is 10.9 Å². The number of nitrogens with zero attached hydrogens (tertiary/aromatic N) is 3. The molecule has 3 nitrogen and oxygen atoms in total. The summed E-state index contributed by atoms with van der Waals surface area (Å²) in [5.41, 5.74) is 3.39. The molecule has 1 heterocycles. The molecule has 0 atom stereocenters. The maximum atomic E-state index is 6.07. The molecule has 0 N–H and O–H groups in total. The number of aromatic nitrogens is 3. The van der Waals surface area contributed by atoms with E-state index in [0.29, 0.717) is 11.8 Å². The normalized spacial score (nSPS) is 15.3. The van der Waals surface area contributed by atoms with Gasteiger partial charge in [0.05, 0.1) is 17.6 Å². The lowest BCUT2D eigenvalue weighted by atomic mass is 10.0. The minimum atomic E-state index is 0.410. The molecule has 0 radical (unpaired) electrons. The molecule has 1 aromatic carbocycles. The zero-order valence-electron chi connectivity index (χ0n) is 10.6. The van der Waals surface area contributed by atoms with Gasteiger partial charge in [-0.15, -0.1) is 5.10 Å². The van der Waals surface area contributed by atoms with Gasteiger partial charge in [-0.1, -0.05) is 30.7 Å². The van der Waals surface area contributed by atoms with Crippen molar-refractivity contribution in [3.8, 4) is 5.69 Å². The fourth-order valence-corrected chi connectivity index (χ4v) is 2.34. The second kappa shape index (κ2) is 4.39. The molecule has 1 aromatic heterocycles. The summed E-state index contributed by atoms with van der Waals surface area (Å²) in [5.74, 6) is 1.04. The summed E-state index contributed by atoms with van der Waals surface area (Å²) in [7, 11) is 0. The summed E-state index contributed by atoms with van der Waals surface area (Å²) in [6, 6.07) is 5.93. The van der Waals surface area contributed by atoms with Crippen LogP contribution in [0.5, 0.6) is 0 Å². The van der Waals surface area contributed by atoms with Gasteiger partial charge in [0.2, 0.25) is 0 Å². The maximum Gasteiger partial charge on any atom is 0.0862 e. The summed E-state index contributed by atoms with van der Waals surface area (Å²) in [4.78, 5) is 0. The Kier molecular flexibility index (Phi) is 2.86. The quantitative estimate of drug-likeness (QED) is 0.838. The van der Waals surface area contributed by atoms with E-state index in [-0.39, 0.29) is 0 Å². The van der Waals surface area contributed by atoms with Crippen LogP contribution in [-0.2, 0) is 0 Å². The topological polar surface area (TPSA) is 30.7 Å². The van der Waals surface area contributed by atoms with Gasteiger partial charge in [0.1, 0.15) is 0 Å². The first-order valence-corrected chi connectivity index (χ1v) is 6.75. The summed E-state index contributed by atoms with van der Waals surface area (Å²) < 4.78 is 1.87. The molecule has 4 heteroatoms. The third-order valence-electron chi connectivity index (χ3n) is 3.37. The minimum Gasteiger partial charge on any atom is -0.220 e. The molecule has 0 saturated heterocycles. The Morgan fingerprint density at radius 1 is 1.33 bits per heavy atom. The van der Waals surface area contributed by atoms with Gasteiger partial charge in [-0.05, 0) is 42.5 Å². The zero-order chi connectivity index (χ0) is 12.7. The highest BCUT2D eigenvalue weighted by atomic mass is 35.5. The average molecular weight is 262 g/mol. The molecule has 18 heavy (non-hydrogen) atoms. The van der Waals surface area contributed by atoms with Gasteiger partial charge in [-0.25, -0.2) is 4.68 Å². The van der Waals surface area contributed by atoms with Crippen LogP contribution >= 0.6 is 11.6 Å². The minimum absolute atomic E-state index is 0.410. The predicted octanol–water partition coefficient (Wildman–Crippen LogP) is 3.92. The van der Waals surface area contributed by atoms with Gasteiger partial charge in [-0.2, -0.15) is 0 Å². The van der Waals surface area contributed by atoms with Gasteiger partial charge < -0.3 is 0 Å². The number of hydrogen-bond acceptors (Lipinski definition) is 2. The first-order chi connectivity index (χ1) is 8.65. The molecular formula is C14H16ClN3. The van der Waals surface area contributed by atoms with Crippen molar-refractivity contribution in [2.75, 3.05) is 0 Å². The number of benzene rings is 1. The van der Waals surface area contributed by atoms with Crippen molar-refractivity contribution in [3.05, 3.63) is 40.7 Å². The van der Waals surface area contributed by atoms with E-state index >= 15 is 0 Å². The fraction of sp³-hybridized carbons (Fsp3) is 0.429. The fourth-order valence-electron chi connectivity index (χ4n) is 2.16. The Hall–Kier alpha value is -1.35. The molecule has 1 saturated carbocycles. The molecule has 0 bridgehead atoms. The van der Waals surface area contributed by atoms with Crippen molar-refractivity contribution in [3.63, 3.8) is 0 Å². The average Bonchev–Trinajstić information content (AvgIpc) is 3.08. The van der Waals surface area contributed by atoms with Crippen LogP contribution in [-0.4, -0.2) is 15.0 Å². The zero-order valence-corrected chi connectivity index (χ0v) is 11.4. The van der Waals surface area contributed by atoms with Crippen LogP contribution in [0.25, 0.3) is 5.69 Å². The van der Waals surface area contributed by atoms with Gasteiger partial charge in [0.15, 0.2) is 0 Å². The van der Waals surface area contributed by atoms with Gasteiger partial charge in [-0.3, -0.25) is 0 Å². The maximum absolute atomic E-state index is 6.07. The van der Waals surface area contributed by atoms with E-state index in [0.717, 1.165) is 16.4 Å². The highest BCUT2D eigenvalue weighted by Crippen LogP contribution is 2.39. The molecule has 1 fully saturated rings. The van der Waals surface area contributed by atoms with Crippen molar-refractivity contribution < 1.29 is 0 Å². The van der Waals surface area contributed by atoms with Gasteiger partial charge in [0.25, 0.3) is 0 Å². The molecule has 94 valence electrons. The van der Waals surface area contributed by atoms with Crippen LogP contribution in [0.4, 0.5) is 0 Å². The lowest BCUT2D eigenvalue weighted by molar-refractivity contribution is 0.767. The third-order valence-corrected chi connectivity index (χ3v) is 3.60. The smallest absolute Gasteiger partial charge is 0.0862 e. The van der Waals surface area contributed by atoms with Crippen molar-refractivity contribution in [1.29, 1.82) is 0 Å². The second-order valence-electron chi connectivity index (χ2n) is 5.22. The van der Waals surface area contributed by atoms with Crippen LogP contribution in [0.3, 0.4) is 0 Å². The Morgan fingerprint density at radius 2 is 2.11 bits per heavy atom. The molecule has 1 aliphatic carbocycles. The SMILES string of the molecule is CC(C)c1cc(Cl)ccc1-n1cc(C2CC2)nn1. The first kappa shape index (κ1) is 11.7. The molecule has 1 aliphatic rings. The van der Waals surface area contributed by atoms with E-state index in [1.54, 1.807) is 0 Å². The monoisotopic (exact) mass is 261 g/mol. The van der Waals surface area contributed by atoms with Crippen molar-refractivity contribution in [2.45, 2.75) is 38.5 Å². The second-order valence-corrected chi connectivity index (χ2v) is 5.66. The van der Waals surface area contributed by atoms with Crippen molar-refractivity contribution >= 4 is 11.6 Å². The van der Waals surface area contributed by atoms with Crippen molar-refractivity contribution in [1.82, 2.24) is 15.0 Å². The molecule has 0 aliphatic heterocycles. The Bertz CT molecular complexity index is 570. The van der Waals surface area contributed by atoms with E-state index in [4.69, 9.17) is 11.6 Å². The molecule has 0 spiro atoms. The predicted molar refractivity (Wildman–Crippen MR) is 72.4 cm³/mol.